The monoisotopic (exact) mass is 270 g/mol. The maximum absolute atomic E-state index is 13.0. The van der Waals surface area contributed by atoms with Crippen molar-refractivity contribution in [2.45, 2.75) is 5.92 Å². The number of halogens is 1. The number of hydrogen-bond donors (Lipinski definition) is 0. The molecule has 0 bridgehead atoms. The number of likely N-dealkylation sites (N-methyl/N-ethyl adjacent to an activating group) is 1. The second kappa shape index (κ2) is 3.41. The number of likely N-dealkylation sites (tertiary alicyclic amines) is 1. The molecule has 0 aliphatic carbocycles. The van der Waals surface area contributed by atoms with Crippen molar-refractivity contribution >= 4 is 24.4 Å². The van der Waals surface area contributed by atoms with Gasteiger partial charge in [0.25, 0.3) is 0 Å². The summed E-state index contributed by atoms with van der Waals surface area (Å²) in [6, 6.07) is 5.06. The number of hydrogen-bond acceptors (Lipinski definition) is 2. The Bertz CT molecular complexity index is 502. The Kier molecular flexibility index (Phi) is 2.16. The first kappa shape index (κ1) is 9.52. The van der Waals surface area contributed by atoms with Crippen molar-refractivity contribution in [3.05, 3.63) is 29.7 Å². The van der Waals surface area contributed by atoms with E-state index >= 15 is 0 Å². The third-order valence-corrected chi connectivity index (χ3v) is 4.64. The summed E-state index contributed by atoms with van der Waals surface area (Å²) >= 11 is 0.0981. The molecule has 2 aromatic rings. The fourth-order valence-corrected chi connectivity index (χ4v) is 3.94. The van der Waals surface area contributed by atoms with E-state index in [0.717, 1.165) is 17.3 Å². The third-order valence-electron chi connectivity index (χ3n) is 2.91. The van der Waals surface area contributed by atoms with Gasteiger partial charge in [-0.25, -0.2) is 0 Å². The average Bonchev–Trinajstić information content (AvgIpc) is 2.55. The van der Waals surface area contributed by atoms with Gasteiger partial charge < -0.3 is 0 Å². The van der Waals surface area contributed by atoms with Gasteiger partial charge in [0.15, 0.2) is 0 Å². The number of benzene rings is 1. The van der Waals surface area contributed by atoms with Gasteiger partial charge in [-0.1, -0.05) is 0 Å². The van der Waals surface area contributed by atoms with Crippen LogP contribution in [-0.2, 0) is 0 Å². The fraction of sp³-hybridized carbons (Fsp3) is 0.364. The molecule has 0 amide bonds. The van der Waals surface area contributed by atoms with Crippen molar-refractivity contribution in [3.63, 3.8) is 0 Å². The molecule has 1 aromatic heterocycles. The number of aromatic nitrogens is 1. The minimum absolute atomic E-state index is 0.0981. The predicted octanol–water partition coefficient (Wildman–Crippen LogP) is 1.46. The van der Waals surface area contributed by atoms with E-state index in [1.54, 1.807) is 6.07 Å². The molecule has 4 heteroatoms. The van der Waals surface area contributed by atoms with Gasteiger partial charge in [0.1, 0.15) is 0 Å². The van der Waals surface area contributed by atoms with Gasteiger partial charge in [-0.05, 0) is 0 Å². The standard InChI is InChI=1S/C11H11FN2Se/c1-14-5-7(6-14)11-9-3-2-8(12)4-10(9)15-13-11/h2-4,7H,5-6H2,1H3. The molecular weight excluding hydrogens is 258 g/mol. The predicted molar refractivity (Wildman–Crippen MR) is 58.9 cm³/mol. The molecule has 2 nitrogen and oxygen atoms in total. The van der Waals surface area contributed by atoms with Crippen molar-refractivity contribution in [2.75, 3.05) is 20.1 Å². The van der Waals surface area contributed by atoms with Gasteiger partial charge in [-0.2, -0.15) is 0 Å². The molecule has 1 saturated heterocycles. The first-order valence-electron chi connectivity index (χ1n) is 4.97. The molecule has 0 unspecified atom stereocenters. The molecule has 0 radical (unpaired) electrons. The van der Waals surface area contributed by atoms with Crippen LogP contribution in [0.15, 0.2) is 18.2 Å². The van der Waals surface area contributed by atoms with Crippen LogP contribution in [-0.4, -0.2) is 43.7 Å². The van der Waals surface area contributed by atoms with Crippen molar-refractivity contribution in [1.29, 1.82) is 0 Å². The molecule has 78 valence electrons. The van der Waals surface area contributed by atoms with E-state index in [1.165, 1.54) is 17.1 Å². The second-order valence-corrected chi connectivity index (χ2v) is 5.82. The van der Waals surface area contributed by atoms with Crippen molar-refractivity contribution in [1.82, 2.24) is 8.88 Å². The van der Waals surface area contributed by atoms with Crippen molar-refractivity contribution in [2.24, 2.45) is 0 Å². The Labute approximate surface area is 93.7 Å². The first-order valence-corrected chi connectivity index (χ1v) is 6.59. The summed E-state index contributed by atoms with van der Waals surface area (Å²) in [5, 5.41) is 1.19. The Morgan fingerprint density at radius 1 is 1.47 bits per heavy atom. The van der Waals surface area contributed by atoms with Gasteiger partial charge >= 0.3 is 93.4 Å². The zero-order valence-corrected chi connectivity index (χ0v) is 10.1. The van der Waals surface area contributed by atoms with Gasteiger partial charge in [-0.15, -0.1) is 0 Å². The van der Waals surface area contributed by atoms with E-state index in [-0.39, 0.29) is 20.5 Å². The van der Waals surface area contributed by atoms with Crippen LogP contribution in [0.4, 0.5) is 4.39 Å². The molecule has 2 heterocycles. The molecule has 0 atom stereocenters. The van der Waals surface area contributed by atoms with Gasteiger partial charge in [0, 0.05) is 0 Å². The Morgan fingerprint density at radius 2 is 2.27 bits per heavy atom. The molecule has 1 aromatic carbocycles. The molecule has 0 N–H and O–H groups in total. The number of nitrogens with zero attached hydrogens (tertiary/aromatic N) is 2. The van der Waals surface area contributed by atoms with E-state index in [1.807, 2.05) is 6.07 Å². The Hall–Kier alpha value is -0.701. The summed E-state index contributed by atoms with van der Waals surface area (Å²) in [5.74, 6) is 0.432. The van der Waals surface area contributed by atoms with Crippen LogP contribution in [0, 0.1) is 5.82 Å². The summed E-state index contributed by atoms with van der Waals surface area (Å²) in [4.78, 5) is 2.28. The van der Waals surface area contributed by atoms with Gasteiger partial charge in [0.2, 0.25) is 0 Å². The minimum atomic E-state index is -0.141. The van der Waals surface area contributed by atoms with Crippen LogP contribution >= 0.6 is 0 Å². The molecule has 1 fully saturated rings. The molecular formula is C11H11FN2Se. The van der Waals surface area contributed by atoms with E-state index in [4.69, 9.17) is 0 Å². The first-order chi connectivity index (χ1) is 7.24. The van der Waals surface area contributed by atoms with Crippen LogP contribution in [0.2, 0.25) is 0 Å². The van der Waals surface area contributed by atoms with Gasteiger partial charge in [-0.3, -0.25) is 0 Å². The summed E-state index contributed by atoms with van der Waals surface area (Å²) in [6.45, 7) is 2.18. The van der Waals surface area contributed by atoms with Crippen LogP contribution in [0.25, 0.3) is 9.65 Å². The quantitative estimate of drug-likeness (QED) is 0.729. The topological polar surface area (TPSA) is 16.1 Å². The molecule has 0 spiro atoms. The number of fused-ring (bicyclic) bond motifs is 1. The van der Waals surface area contributed by atoms with Gasteiger partial charge in [0.05, 0.1) is 0 Å². The van der Waals surface area contributed by atoms with E-state index in [0.29, 0.717) is 5.92 Å². The average molecular weight is 269 g/mol. The Morgan fingerprint density at radius 3 is 3.00 bits per heavy atom. The third kappa shape index (κ3) is 1.53. The zero-order valence-electron chi connectivity index (χ0n) is 8.40. The summed E-state index contributed by atoms with van der Waals surface area (Å²) < 4.78 is 18.7. The van der Waals surface area contributed by atoms with E-state index in [2.05, 4.69) is 15.9 Å². The van der Waals surface area contributed by atoms with Crippen molar-refractivity contribution < 1.29 is 4.39 Å². The molecule has 1 aliphatic rings. The van der Waals surface area contributed by atoms with E-state index < -0.39 is 0 Å². The normalized spacial score (nSPS) is 18.3. The second-order valence-electron chi connectivity index (χ2n) is 4.13. The maximum atomic E-state index is 13.0. The number of rotatable bonds is 1. The summed E-state index contributed by atoms with van der Waals surface area (Å²) in [6.07, 6.45) is 0. The SMILES string of the molecule is CN1CC(c2n[se]c3cc(F)ccc23)C1. The molecule has 1 aliphatic heterocycles. The van der Waals surface area contributed by atoms with Crippen LogP contribution in [0.1, 0.15) is 11.6 Å². The molecule has 0 saturated carbocycles. The van der Waals surface area contributed by atoms with Crippen LogP contribution in [0.3, 0.4) is 0 Å². The summed E-state index contributed by atoms with van der Waals surface area (Å²) in [7, 11) is 2.11. The molecule has 3 rings (SSSR count). The Balaban J connectivity index is 2.05. The van der Waals surface area contributed by atoms with Crippen LogP contribution < -0.4 is 0 Å². The van der Waals surface area contributed by atoms with Crippen molar-refractivity contribution in [3.8, 4) is 0 Å². The summed E-state index contributed by atoms with van der Waals surface area (Å²) in [5.41, 5.74) is 1.21. The van der Waals surface area contributed by atoms with E-state index in [9.17, 15) is 4.39 Å². The molecule has 15 heavy (non-hydrogen) atoms. The van der Waals surface area contributed by atoms with Crippen LogP contribution in [0.5, 0.6) is 0 Å². The zero-order chi connectivity index (χ0) is 10.4. The fourth-order valence-electron chi connectivity index (χ4n) is 2.10.